The van der Waals surface area contributed by atoms with Crippen molar-refractivity contribution in [3.05, 3.63) is 24.0 Å². The van der Waals surface area contributed by atoms with Crippen molar-refractivity contribution < 1.29 is 0 Å². The van der Waals surface area contributed by atoms with Gasteiger partial charge in [-0.1, -0.05) is 20.8 Å². The summed E-state index contributed by atoms with van der Waals surface area (Å²) in [5.41, 5.74) is 2.09. The predicted octanol–water partition coefficient (Wildman–Crippen LogP) is 2.88. The van der Waals surface area contributed by atoms with Crippen LogP contribution in [-0.2, 0) is 6.54 Å². The van der Waals surface area contributed by atoms with Gasteiger partial charge >= 0.3 is 0 Å². The highest BCUT2D eigenvalue weighted by atomic mass is 15.0. The molecule has 3 unspecified atom stereocenters. The van der Waals surface area contributed by atoms with Crippen molar-refractivity contribution in [3.63, 3.8) is 0 Å². The molecule has 0 bridgehead atoms. The Kier molecular flexibility index (Phi) is 1.19. The van der Waals surface area contributed by atoms with Gasteiger partial charge in [0, 0.05) is 24.4 Å². The first-order chi connectivity index (χ1) is 6.09. The number of hydrogen-bond donors (Lipinski definition) is 0. The Morgan fingerprint density at radius 2 is 2.15 bits per heavy atom. The molecule has 1 heteroatoms. The van der Waals surface area contributed by atoms with Crippen molar-refractivity contribution in [3.8, 4) is 0 Å². The van der Waals surface area contributed by atoms with Crippen LogP contribution < -0.4 is 0 Å². The zero-order chi connectivity index (χ0) is 9.22. The smallest absolute Gasteiger partial charge is 0.0260 e. The second-order valence-electron chi connectivity index (χ2n) is 5.67. The average Bonchev–Trinajstić information content (AvgIpc) is 2.39. The molecule has 0 radical (unpaired) electrons. The standard InChI is InChI=1S/C12H17N/c1-12(2,3)11-8-7-13-6-4-5-9(13)10(8)11/h4-6,8,10-11H,7H2,1-3H3. The second kappa shape index (κ2) is 2.02. The lowest BCUT2D eigenvalue weighted by Gasteiger charge is -2.21. The molecule has 3 rings (SSSR count). The number of aromatic nitrogens is 1. The van der Waals surface area contributed by atoms with Crippen molar-refractivity contribution in [1.29, 1.82) is 0 Å². The molecule has 1 saturated carbocycles. The Morgan fingerprint density at radius 3 is 2.85 bits per heavy atom. The van der Waals surface area contributed by atoms with E-state index in [0.29, 0.717) is 5.41 Å². The van der Waals surface area contributed by atoms with E-state index in [4.69, 9.17) is 0 Å². The van der Waals surface area contributed by atoms with E-state index in [1.165, 1.54) is 6.54 Å². The summed E-state index contributed by atoms with van der Waals surface area (Å²) in [5.74, 6) is 2.78. The first-order valence-corrected chi connectivity index (χ1v) is 5.24. The van der Waals surface area contributed by atoms with Crippen LogP contribution in [-0.4, -0.2) is 4.57 Å². The Bertz CT molecular complexity index is 342. The highest BCUT2D eigenvalue weighted by Gasteiger charge is 2.60. The molecule has 1 aliphatic heterocycles. The Hall–Kier alpha value is -0.720. The number of nitrogens with zero attached hydrogens (tertiary/aromatic N) is 1. The highest BCUT2D eigenvalue weighted by Crippen LogP contribution is 2.65. The van der Waals surface area contributed by atoms with Crippen LogP contribution in [0.5, 0.6) is 0 Å². The number of rotatable bonds is 0. The van der Waals surface area contributed by atoms with Crippen molar-refractivity contribution >= 4 is 0 Å². The minimum atomic E-state index is 0.505. The fourth-order valence-electron chi connectivity index (χ4n) is 3.31. The first kappa shape index (κ1) is 7.66. The fourth-order valence-corrected chi connectivity index (χ4v) is 3.31. The first-order valence-electron chi connectivity index (χ1n) is 5.24. The minimum Gasteiger partial charge on any atom is -0.351 e. The van der Waals surface area contributed by atoms with E-state index >= 15 is 0 Å². The van der Waals surface area contributed by atoms with E-state index in [2.05, 4.69) is 43.7 Å². The van der Waals surface area contributed by atoms with Gasteiger partial charge in [0.15, 0.2) is 0 Å². The van der Waals surface area contributed by atoms with Gasteiger partial charge in [-0.25, -0.2) is 0 Å². The molecule has 2 heterocycles. The summed E-state index contributed by atoms with van der Waals surface area (Å²) >= 11 is 0. The van der Waals surface area contributed by atoms with Crippen molar-refractivity contribution in [2.45, 2.75) is 33.2 Å². The molecule has 1 nitrogen and oxygen atoms in total. The van der Waals surface area contributed by atoms with E-state index in [9.17, 15) is 0 Å². The lowest BCUT2D eigenvalue weighted by atomic mass is 9.87. The Labute approximate surface area is 79.8 Å². The van der Waals surface area contributed by atoms with Crippen LogP contribution in [0.25, 0.3) is 0 Å². The molecule has 1 fully saturated rings. The summed E-state index contributed by atoms with van der Waals surface area (Å²) in [6.07, 6.45) is 2.22. The van der Waals surface area contributed by atoms with E-state index < -0.39 is 0 Å². The minimum absolute atomic E-state index is 0.505. The molecule has 3 atom stereocenters. The lowest BCUT2D eigenvalue weighted by molar-refractivity contribution is 0.309. The molecular formula is C12H17N. The average molecular weight is 175 g/mol. The third kappa shape index (κ3) is 0.877. The molecule has 1 aromatic heterocycles. The normalized spacial score (nSPS) is 35.8. The molecule has 0 amide bonds. The van der Waals surface area contributed by atoms with Gasteiger partial charge in [0.2, 0.25) is 0 Å². The van der Waals surface area contributed by atoms with Gasteiger partial charge < -0.3 is 4.57 Å². The van der Waals surface area contributed by atoms with Gasteiger partial charge in [-0.05, 0) is 29.4 Å². The Balaban J connectivity index is 1.93. The molecule has 0 saturated heterocycles. The molecule has 0 aromatic carbocycles. The second-order valence-corrected chi connectivity index (χ2v) is 5.67. The van der Waals surface area contributed by atoms with Crippen LogP contribution in [0.3, 0.4) is 0 Å². The van der Waals surface area contributed by atoms with Crippen molar-refractivity contribution in [2.75, 3.05) is 0 Å². The largest absolute Gasteiger partial charge is 0.351 e. The molecule has 2 aliphatic rings. The van der Waals surface area contributed by atoms with Gasteiger partial charge in [0.25, 0.3) is 0 Å². The zero-order valence-electron chi connectivity index (χ0n) is 8.62. The summed E-state index contributed by atoms with van der Waals surface area (Å²) in [6.45, 7) is 8.41. The van der Waals surface area contributed by atoms with Crippen LogP contribution in [0.4, 0.5) is 0 Å². The summed E-state index contributed by atoms with van der Waals surface area (Å²) in [6, 6.07) is 4.49. The van der Waals surface area contributed by atoms with E-state index in [1.807, 2.05) is 0 Å². The Morgan fingerprint density at radius 1 is 1.38 bits per heavy atom. The topological polar surface area (TPSA) is 4.93 Å². The van der Waals surface area contributed by atoms with Gasteiger partial charge in [-0.3, -0.25) is 0 Å². The molecule has 70 valence electrons. The van der Waals surface area contributed by atoms with Crippen LogP contribution in [0, 0.1) is 17.3 Å². The summed E-state index contributed by atoms with van der Waals surface area (Å²) in [5, 5.41) is 0. The van der Waals surface area contributed by atoms with Crippen LogP contribution in [0.2, 0.25) is 0 Å². The van der Waals surface area contributed by atoms with Gasteiger partial charge in [0.05, 0.1) is 0 Å². The molecule has 0 N–H and O–H groups in total. The SMILES string of the molecule is CC(C)(C)C1C2Cn3cccc3C21. The maximum Gasteiger partial charge on any atom is 0.0260 e. The maximum atomic E-state index is 2.43. The zero-order valence-corrected chi connectivity index (χ0v) is 8.62. The third-order valence-corrected chi connectivity index (χ3v) is 3.78. The van der Waals surface area contributed by atoms with Crippen molar-refractivity contribution in [2.24, 2.45) is 17.3 Å². The van der Waals surface area contributed by atoms with Crippen molar-refractivity contribution in [1.82, 2.24) is 4.57 Å². The molecule has 1 aromatic rings. The summed E-state index contributed by atoms with van der Waals surface area (Å²) < 4.78 is 2.43. The van der Waals surface area contributed by atoms with Gasteiger partial charge in [0.1, 0.15) is 0 Å². The maximum absolute atomic E-state index is 2.43. The highest BCUT2D eigenvalue weighted by molar-refractivity contribution is 5.30. The fraction of sp³-hybridized carbons (Fsp3) is 0.667. The van der Waals surface area contributed by atoms with E-state index in [1.54, 1.807) is 5.69 Å². The number of hydrogen-bond acceptors (Lipinski definition) is 0. The van der Waals surface area contributed by atoms with E-state index in [0.717, 1.165) is 17.8 Å². The van der Waals surface area contributed by atoms with Crippen LogP contribution in [0.15, 0.2) is 18.3 Å². The lowest BCUT2D eigenvalue weighted by Crippen LogP contribution is -2.14. The summed E-state index contributed by atoms with van der Waals surface area (Å²) in [7, 11) is 0. The molecule has 0 spiro atoms. The predicted molar refractivity (Wildman–Crippen MR) is 53.6 cm³/mol. The van der Waals surface area contributed by atoms with E-state index in [-0.39, 0.29) is 0 Å². The molecule has 13 heavy (non-hydrogen) atoms. The molecule has 1 aliphatic carbocycles. The monoisotopic (exact) mass is 175 g/mol. The summed E-state index contributed by atoms with van der Waals surface area (Å²) in [4.78, 5) is 0. The quantitative estimate of drug-likeness (QED) is 0.571. The van der Waals surface area contributed by atoms with Crippen LogP contribution in [0.1, 0.15) is 32.4 Å². The number of fused-ring (bicyclic) bond motifs is 3. The third-order valence-electron chi connectivity index (χ3n) is 3.78. The van der Waals surface area contributed by atoms with Gasteiger partial charge in [-0.2, -0.15) is 0 Å². The van der Waals surface area contributed by atoms with Gasteiger partial charge in [-0.15, -0.1) is 0 Å². The van der Waals surface area contributed by atoms with Crippen LogP contribution >= 0.6 is 0 Å². The molecular weight excluding hydrogens is 158 g/mol.